The summed E-state index contributed by atoms with van der Waals surface area (Å²) in [6.45, 7) is 24.6. The quantitative estimate of drug-likeness (QED) is 0.0178. The largest absolute Gasteiger partial charge is 0.492 e. The van der Waals surface area contributed by atoms with Gasteiger partial charge in [0.05, 0.1) is 24.7 Å². The van der Waals surface area contributed by atoms with Crippen molar-refractivity contribution in [3.05, 3.63) is 125 Å². The number of ether oxygens (including phenoxy) is 5. The number of esters is 3. The Morgan fingerprint density at radius 3 is 1.81 bits per heavy atom. The standard InChI is InChI=1S/C59H77NO9/c1-11-13-14-18-44-21-23-46(24-22-44)47-25-27-48(28-26-47)49-29-30-53(45(12-2)33-49)52-34-50(19-15-16-31-60)54(51(35-52)20-17-32-65-55(61)40(3)4)66-36-59(37-67-56(62)41(5)6,38-68-57(63)42(7)8)39-69-58(64)43(9)10/h25-30,33-35,44,46,56,62H,3,5,7,9,11-24,32,36-39H2,1-2,4,6,8,10H3. The molecule has 1 N–H and O–H groups in total. The Kier molecular flexibility index (Phi) is 22.7. The van der Waals surface area contributed by atoms with Crippen LogP contribution in [0.3, 0.4) is 0 Å². The van der Waals surface area contributed by atoms with Gasteiger partial charge in [-0.25, -0.2) is 14.4 Å². The summed E-state index contributed by atoms with van der Waals surface area (Å²) in [5.41, 5.74) is 8.22. The molecule has 1 unspecified atom stereocenters. The first-order valence-electron chi connectivity index (χ1n) is 24.8. The number of hydrogen-bond acceptors (Lipinski definition) is 10. The monoisotopic (exact) mass is 944 g/mol. The van der Waals surface area contributed by atoms with Gasteiger partial charge in [-0.05, 0) is 160 Å². The van der Waals surface area contributed by atoms with Crippen molar-refractivity contribution in [2.75, 3.05) is 33.0 Å². The number of rotatable bonds is 29. The van der Waals surface area contributed by atoms with Crippen molar-refractivity contribution in [2.24, 2.45) is 11.3 Å². The number of aliphatic hydroxyl groups excluding tert-OH is 1. The number of hydrogen-bond donors (Lipinski definition) is 1. The first-order valence-corrected chi connectivity index (χ1v) is 24.8. The SMILES string of the molecule is C=C(C)C(=O)OCCCc1cc(-c2ccc(-c3ccc(C4CCC(CCCCC)CC4)cc3)cc2CC)cc(CCCC#N)c1OCC(COC(=O)C(=C)C)(COC(=O)C(=C)C)COC(O)C(=C)C. The van der Waals surface area contributed by atoms with E-state index in [2.05, 4.69) is 101 Å². The molecule has 3 aromatic rings. The maximum absolute atomic E-state index is 12.8. The third kappa shape index (κ3) is 17.3. The highest BCUT2D eigenvalue weighted by atomic mass is 16.6. The molecule has 1 fully saturated rings. The van der Waals surface area contributed by atoms with E-state index in [-0.39, 0.29) is 44.2 Å². The summed E-state index contributed by atoms with van der Waals surface area (Å²) in [6, 6.07) is 22.2. The molecule has 0 spiro atoms. The number of carbonyl (C=O) groups excluding carboxylic acids is 3. The third-order valence-electron chi connectivity index (χ3n) is 12.9. The van der Waals surface area contributed by atoms with Crippen LogP contribution in [0.1, 0.15) is 140 Å². The predicted molar refractivity (Wildman–Crippen MR) is 274 cm³/mol. The van der Waals surface area contributed by atoms with Crippen LogP contribution in [-0.4, -0.2) is 62.3 Å². The number of aryl methyl sites for hydroxylation is 3. The topological polar surface area (TPSA) is 141 Å². The van der Waals surface area contributed by atoms with Gasteiger partial charge in [0.15, 0.2) is 6.29 Å². The second kappa shape index (κ2) is 28.0. The van der Waals surface area contributed by atoms with E-state index in [1.54, 1.807) is 13.8 Å². The second-order valence-corrected chi connectivity index (χ2v) is 19.2. The van der Waals surface area contributed by atoms with Crippen molar-refractivity contribution in [3.8, 4) is 34.1 Å². The summed E-state index contributed by atoms with van der Waals surface area (Å²) in [4.78, 5) is 38.0. The molecule has 0 aromatic heterocycles. The molecule has 0 heterocycles. The highest BCUT2D eigenvalue weighted by molar-refractivity contribution is 5.88. The minimum atomic E-state index is -1.37. The van der Waals surface area contributed by atoms with E-state index < -0.39 is 29.6 Å². The van der Waals surface area contributed by atoms with Gasteiger partial charge in [-0.3, -0.25) is 0 Å². The average molecular weight is 944 g/mol. The fourth-order valence-electron chi connectivity index (χ4n) is 8.69. The zero-order chi connectivity index (χ0) is 50.5. The summed E-state index contributed by atoms with van der Waals surface area (Å²) in [5.74, 6) is 0.213. The molecule has 1 saturated carbocycles. The lowest BCUT2D eigenvalue weighted by Crippen LogP contribution is -2.45. The van der Waals surface area contributed by atoms with Crippen LogP contribution in [0.5, 0.6) is 5.75 Å². The van der Waals surface area contributed by atoms with Gasteiger partial charge in [0.25, 0.3) is 0 Å². The lowest BCUT2D eigenvalue weighted by molar-refractivity contribution is -0.164. The van der Waals surface area contributed by atoms with Crippen molar-refractivity contribution < 1.29 is 43.2 Å². The zero-order valence-electron chi connectivity index (χ0n) is 42.4. The van der Waals surface area contributed by atoms with Gasteiger partial charge >= 0.3 is 17.9 Å². The van der Waals surface area contributed by atoms with Crippen molar-refractivity contribution in [2.45, 2.75) is 144 Å². The van der Waals surface area contributed by atoms with E-state index in [1.165, 1.54) is 81.9 Å². The molecule has 3 aromatic carbocycles. The molecular weight excluding hydrogens is 867 g/mol. The van der Waals surface area contributed by atoms with Gasteiger partial charge in [0.2, 0.25) is 0 Å². The Morgan fingerprint density at radius 1 is 0.696 bits per heavy atom. The van der Waals surface area contributed by atoms with Crippen LogP contribution in [0.2, 0.25) is 0 Å². The second-order valence-electron chi connectivity index (χ2n) is 19.2. The first kappa shape index (κ1) is 55.8. The lowest BCUT2D eigenvalue weighted by atomic mass is 9.77. The Balaban J connectivity index is 1.76. The average Bonchev–Trinajstić information content (AvgIpc) is 3.34. The minimum absolute atomic E-state index is 0.136. The van der Waals surface area contributed by atoms with Crippen LogP contribution in [0.25, 0.3) is 22.3 Å². The summed E-state index contributed by atoms with van der Waals surface area (Å²) in [6.07, 6.45) is 12.2. The molecule has 1 aliphatic carbocycles. The number of unbranched alkanes of at least 4 members (excludes halogenated alkanes) is 3. The molecule has 0 amide bonds. The molecule has 0 bridgehead atoms. The van der Waals surface area contributed by atoms with E-state index in [0.29, 0.717) is 54.9 Å². The number of nitrogens with zero attached hydrogens (tertiary/aromatic N) is 1. The maximum Gasteiger partial charge on any atom is 0.333 e. The zero-order valence-corrected chi connectivity index (χ0v) is 42.4. The van der Waals surface area contributed by atoms with Gasteiger partial charge < -0.3 is 28.8 Å². The lowest BCUT2D eigenvalue weighted by Gasteiger charge is -2.34. The maximum atomic E-state index is 12.8. The van der Waals surface area contributed by atoms with Gasteiger partial charge in [-0.15, -0.1) is 0 Å². The van der Waals surface area contributed by atoms with Crippen molar-refractivity contribution in [1.82, 2.24) is 0 Å². The molecule has 0 aliphatic heterocycles. The Bertz CT molecular complexity index is 2260. The molecule has 10 nitrogen and oxygen atoms in total. The van der Waals surface area contributed by atoms with Gasteiger partial charge in [0.1, 0.15) is 25.6 Å². The molecule has 1 aliphatic rings. The van der Waals surface area contributed by atoms with E-state index in [9.17, 15) is 24.8 Å². The van der Waals surface area contributed by atoms with Crippen LogP contribution in [0.4, 0.5) is 0 Å². The van der Waals surface area contributed by atoms with Crippen molar-refractivity contribution in [3.63, 3.8) is 0 Å². The van der Waals surface area contributed by atoms with Crippen molar-refractivity contribution >= 4 is 17.9 Å². The molecule has 4 rings (SSSR count). The molecule has 69 heavy (non-hydrogen) atoms. The van der Waals surface area contributed by atoms with E-state index in [4.69, 9.17) is 23.7 Å². The highest BCUT2D eigenvalue weighted by Crippen LogP contribution is 2.40. The van der Waals surface area contributed by atoms with Gasteiger partial charge in [-0.1, -0.05) is 108 Å². The van der Waals surface area contributed by atoms with E-state index >= 15 is 0 Å². The molecule has 1 atom stereocenters. The molecule has 372 valence electrons. The van der Waals surface area contributed by atoms with Gasteiger partial charge in [-0.2, -0.15) is 5.26 Å². The molecule has 0 saturated heterocycles. The number of carbonyl (C=O) groups is 3. The number of nitriles is 1. The Morgan fingerprint density at radius 2 is 1.26 bits per heavy atom. The number of aliphatic hydroxyl groups is 1. The van der Waals surface area contributed by atoms with E-state index in [1.807, 2.05) is 0 Å². The molecule has 10 heteroatoms. The molecular formula is C59H77NO9. The van der Waals surface area contributed by atoms with E-state index in [0.717, 1.165) is 40.2 Å². The Labute approximate surface area is 412 Å². The first-order chi connectivity index (χ1) is 33.0. The number of benzene rings is 3. The third-order valence-corrected chi connectivity index (χ3v) is 12.9. The van der Waals surface area contributed by atoms with Crippen LogP contribution in [0, 0.1) is 22.7 Å². The van der Waals surface area contributed by atoms with Crippen LogP contribution >= 0.6 is 0 Å². The Hall–Kier alpha value is -5.76. The predicted octanol–water partition coefficient (Wildman–Crippen LogP) is 12.9. The summed E-state index contributed by atoms with van der Waals surface area (Å²) >= 11 is 0. The fraction of sp³-hybridized carbons (Fsp3) is 0.492. The minimum Gasteiger partial charge on any atom is -0.492 e. The normalized spacial score (nSPS) is 15.0. The summed E-state index contributed by atoms with van der Waals surface area (Å²) in [5, 5.41) is 20.3. The van der Waals surface area contributed by atoms with Crippen LogP contribution in [-0.2, 0) is 52.6 Å². The van der Waals surface area contributed by atoms with Crippen LogP contribution in [0.15, 0.2) is 103 Å². The fourth-order valence-corrected chi connectivity index (χ4v) is 8.69. The molecule has 0 radical (unpaired) electrons. The summed E-state index contributed by atoms with van der Waals surface area (Å²) < 4.78 is 29.6. The van der Waals surface area contributed by atoms with Crippen LogP contribution < -0.4 is 4.74 Å². The summed E-state index contributed by atoms with van der Waals surface area (Å²) in [7, 11) is 0. The smallest absolute Gasteiger partial charge is 0.333 e. The van der Waals surface area contributed by atoms with Crippen molar-refractivity contribution in [1.29, 1.82) is 5.26 Å². The van der Waals surface area contributed by atoms with Gasteiger partial charge in [0, 0.05) is 23.1 Å². The highest BCUT2D eigenvalue weighted by Gasteiger charge is 2.38.